The lowest BCUT2D eigenvalue weighted by molar-refractivity contribution is -0.870. The molecule has 0 saturated heterocycles. The number of ether oxygens (including phenoxy) is 4. The minimum absolute atomic E-state index is 0.180. The second-order valence-corrected chi connectivity index (χ2v) is 22.4. The Kier molecular flexibility index (Phi) is 53.8. The summed E-state index contributed by atoms with van der Waals surface area (Å²) in [4.78, 5) is 37.5. The number of hydrogen-bond acceptors (Lipinski definition) is 7. The zero-order valence-electron chi connectivity index (χ0n) is 48.8. The third kappa shape index (κ3) is 57.1. The van der Waals surface area contributed by atoms with Crippen LogP contribution < -0.4 is 0 Å². The van der Waals surface area contributed by atoms with Gasteiger partial charge in [-0.1, -0.05) is 249 Å². The van der Waals surface area contributed by atoms with E-state index in [0.717, 1.165) is 51.4 Å². The number of nitrogens with zero attached hydrogens (tertiary/aromatic N) is 1. The first-order chi connectivity index (χ1) is 35.6. The lowest BCUT2D eigenvalue weighted by Gasteiger charge is -2.25. The SMILES string of the molecule is CCCCC/C=C\C/C=C\CCCCCCCCCCCC(=O)OC(COC(=O)CCCCCCCCCCCCCCCCCCC/C=C\CCCCCCCCCC)COC(OCC[N+](C)(C)C)C(=O)O. The number of likely N-dealkylation sites (N-methyl/N-ethyl adjacent to an activating group) is 1. The van der Waals surface area contributed by atoms with Crippen molar-refractivity contribution >= 4 is 17.9 Å². The van der Waals surface area contributed by atoms with Gasteiger partial charge in [0.05, 0.1) is 34.4 Å². The highest BCUT2D eigenvalue weighted by Gasteiger charge is 2.25. The van der Waals surface area contributed by atoms with Crippen LogP contribution in [-0.4, -0.2) is 87.4 Å². The molecule has 0 aromatic rings. The number of esters is 2. The molecule has 0 fully saturated rings. The molecule has 0 saturated carbocycles. The maximum atomic E-state index is 12.9. The van der Waals surface area contributed by atoms with E-state index in [4.69, 9.17) is 18.9 Å². The van der Waals surface area contributed by atoms with Crippen molar-refractivity contribution in [3.05, 3.63) is 36.5 Å². The molecule has 2 unspecified atom stereocenters. The van der Waals surface area contributed by atoms with Crippen molar-refractivity contribution in [3.63, 3.8) is 0 Å². The van der Waals surface area contributed by atoms with E-state index in [1.807, 2.05) is 21.1 Å². The number of carboxylic acid groups (broad SMARTS) is 1. The Morgan fingerprint density at radius 2 is 0.740 bits per heavy atom. The van der Waals surface area contributed by atoms with Crippen molar-refractivity contribution in [2.24, 2.45) is 0 Å². The summed E-state index contributed by atoms with van der Waals surface area (Å²) < 4.78 is 22.9. The van der Waals surface area contributed by atoms with Crippen molar-refractivity contribution in [2.45, 2.75) is 309 Å². The Hall–Kier alpha value is -2.49. The fourth-order valence-corrected chi connectivity index (χ4v) is 9.04. The molecule has 0 aliphatic heterocycles. The fourth-order valence-electron chi connectivity index (χ4n) is 9.04. The van der Waals surface area contributed by atoms with Gasteiger partial charge in [0.2, 0.25) is 0 Å². The molecule has 0 rings (SSSR count). The number of rotatable bonds is 58. The number of carboxylic acids is 1. The van der Waals surface area contributed by atoms with Gasteiger partial charge in [0, 0.05) is 12.8 Å². The third-order valence-corrected chi connectivity index (χ3v) is 13.9. The van der Waals surface area contributed by atoms with Crippen LogP contribution in [0.15, 0.2) is 36.5 Å². The fraction of sp³-hybridized carbons (Fsp3) is 0.859. The molecule has 0 spiro atoms. The van der Waals surface area contributed by atoms with Gasteiger partial charge in [-0.2, -0.15) is 0 Å². The summed E-state index contributed by atoms with van der Waals surface area (Å²) in [5.74, 6) is -1.99. The predicted octanol–water partition coefficient (Wildman–Crippen LogP) is 18.5. The number of allylic oxidation sites excluding steroid dienone is 6. The number of carbonyl (C=O) groups is 3. The van der Waals surface area contributed by atoms with E-state index in [1.54, 1.807) is 0 Å². The van der Waals surface area contributed by atoms with E-state index in [-0.39, 0.29) is 32.2 Å². The second kappa shape index (κ2) is 55.7. The Morgan fingerprint density at radius 3 is 1.12 bits per heavy atom. The van der Waals surface area contributed by atoms with Crippen molar-refractivity contribution in [1.82, 2.24) is 0 Å². The molecule has 1 N–H and O–H groups in total. The van der Waals surface area contributed by atoms with Gasteiger partial charge in [0.1, 0.15) is 13.2 Å². The molecular weight excluding hydrogens is 911 g/mol. The number of unbranched alkanes of at least 4 members (excludes halogenated alkanes) is 37. The Bertz CT molecular complexity index is 1290. The molecule has 0 radical (unpaired) electrons. The average Bonchev–Trinajstić information content (AvgIpc) is 3.36. The van der Waals surface area contributed by atoms with E-state index in [2.05, 4.69) is 50.3 Å². The van der Waals surface area contributed by atoms with Crippen LogP contribution in [0.4, 0.5) is 0 Å². The second-order valence-electron chi connectivity index (χ2n) is 22.4. The van der Waals surface area contributed by atoms with Crippen molar-refractivity contribution < 1.29 is 42.9 Å². The molecule has 9 heteroatoms. The summed E-state index contributed by atoms with van der Waals surface area (Å²) in [5.41, 5.74) is 0. The number of carbonyl (C=O) groups excluding carboxylic acids is 2. The normalized spacial score (nSPS) is 12.9. The van der Waals surface area contributed by atoms with Crippen LogP contribution in [-0.2, 0) is 33.3 Å². The minimum atomic E-state index is -1.51. The molecule has 0 aliphatic rings. The predicted molar refractivity (Wildman–Crippen MR) is 309 cm³/mol. The molecule has 73 heavy (non-hydrogen) atoms. The lowest BCUT2D eigenvalue weighted by Crippen LogP contribution is -2.40. The van der Waals surface area contributed by atoms with Crippen LogP contribution in [0.25, 0.3) is 0 Å². The zero-order chi connectivity index (χ0) is 53.4. The lowest BCUT2D eigenvalue weighted by atomic mass is 10.0. The molecule has 2 atom stereocenters. The van der Waals surface area contributed by atoms with Crippen molar-refractivity contribution in [3.8, 4) is 0 Å². The van der Waals surface area contributed by atoms with Gasteiger partial charge in [-0.3, -0.25) is 9.59 Å². The first-order valence-electron chi connectivity index (χ1n) is 31.2. The van der Waals surface area contributed by atoms with Crippen molar-refractivity contribution in [1.29, 1.82) is 0 Å². The summed E-state index contributed by atoms with van der Waals surface area (Å²) in [5, 5.41) is 9.71. The highest BCUT2D eigenvalue weighted by atomic mass is 16.7. The molecule has 428 valence electrons. The third-order valence-electron chi connectivity index (χ3n) is 13.9. The number of aliphatic carboxylic acids is 1. The standard InChI is InChI=1S/C64H119NO8/c1-6-8-10-12-14-16-18-20-22-24-26-27-28-29-30-31-32-33-34-35-37-38-40-42-44-46-48-50-52-54-61(66)71-58-60(59-72-64(63(68)69)70-57-56-65(3,4)5)73-62(67)55-53-51-49-47-45-43-41-39-36-25-23-21-19-17-15-13-11-9-7-2/h15,17,21,23-24,26,60,64H,6-14,16,18-20,22,25,27-59H2,1-5H3/p+1/b17-15-,23-21-,26-24-. The molecule has 0 bridgehead atoms. The quantitative estimate of drug-likeness (QED) is 0.0211. The van der Waals surface area contributed by atoms with Crippen LogP contribution in [0.1, 0.15) is 296 Å². The summed E-state index contributed by atoms with van der Waals surface area (Å²) in [7, 11) is 5.98. The minimum Gasteiger partial charge on any atom is -0.477 e. The van der Waals surface area contributed by atoms with Crippen LogP contribution in [0.2, 0.25) is 0 Å². The summed E-state index contributed by atoms with van der Waals surface area (Å²) >= 11 is 0. The largest absolute Gasteiger partial charge is 0.477 e. The Labute approximate surface area is 451 Å². The van der Waals surface area contributed by atoms with E-state index in [0.29, 0.717) is 17.4 Å². The van der Waals surface area contributed by atoms with E-state index in [1.165, 1.54) is 218 Å². The van der Waals surface area contributed by atoms with Gasteiger partial charge in [0.15, 0.2) is 6.10 Å². The summed E-state index contributed by atoms with van der Waals surface area (Å²) in [6.07, 6.45) is 65.2. The van der Waals surface area contributed by atoms with Gasteiger partial charge in [0.25, 0.3) is 6.29 Å². The molecule has 0 aliphatic carbocycles. The first-order valence-corrected chi connectivity index (χ1v) is 31.2. The Balaban J connectivity index is 4.12. The van der Waals surface area contributed by atoms with E-state index < -0.39 is 24.3 Å². The maximum Gasteiger partial charge on any atom is 0.361 e. The van der Waals surface area contributed by atoms with E-state index in [9.17, 15) is 19.5 Å². The highest BCUT2D eigenvalue weighted by Crippen LogP contribution is 2.17. The monoisotopic (exact) mass is 1030 g/mol. The molecular formula is C64H120NO8+. The van der Waals surface area contributed by atoms with Gasteiger partial charge >= 0.3 is 17.9 Å². The van der Waals surface area contributed by atoms with Crippen LogP contribution >= 0.6 is 0 Å². The maximum absolute atomic E-state index is 12.9. The van der Waals surface area contributed by atoms with Crippen LogP contribution in [0, 0.1) is 0 Å². The summed E-state index contributed by atoms with van der Waals surface area (Å²) in [6.45, 7) is 4.89. The first kappa shape index (κ1) is 70.5. The number of quaternary nitrogens is 1. The average molecular weight is 1030 g/mol. The molecule has 0 amide bonds. The van der Waals surface area contributed by atoms with Gasteiger partial charge in [-0.15, -0.1) is 0 Å². The summed E-state index contributed by atoms with van der Waals surface area (Å²) in [6, 6.07) is 0. The molecule has 0 aromatic heterocycles. The van der Waals surface area contributed by atoms with Crippen LogP contribution in [0.5, 0.6) is 0 Å². The Morgan fingerprint density at radius 1 is 0.411 bits per heavy atom. The highest BCUT2D eigenvalue weighted by molar-refractivity contribution is 5.71. The molecule has 0 heterocycles. The smallest absolute Gasteiger partial charge is 0.361 e. The topological polar surface area (TPSA) is 108 Å². The van der Waals surface area contributed by atoms with Gasteiger partial charge in [-0.05, 0) is 70.6 Å². The van der Waals surface area contributed by atoms with Crippen LogP contribution in [0.3, 0.4) is 0 Å². The molecule has 9 nitrogen and oxygen atoms in total. The van der Waals surface area contributed by atoms with Crippen molar-refractivity contribution in [2.75, 3.05) is 47.5 Å². The van der Waals surface area contributed by atoms with Gasteiger partial charge < -0.3 is 28.5 Å². The zero-order valence-corrected chi connectivity index (χ0v) is 48.8. The molecule has 0 aromatic carbocycles. The van der Waals surface area contributed by atoms with E-state index >= 15 is 0 Å². The van der Waals surface area contributed by atoms with Gasteiger partial charge in [-0.25, -0.2) is 4.79 Å². The number of hydrogen-bond donors (Lipinski definition) is 1.